The van der Waals surface area contributed by atoms with E-state index in [1.165, 1.54) is 36.0 Å². The van der Waals surface area contributed by atoms with Crippen LogP contribution in [0.2, 0.25) is 0 Å². The molecular weight excluding hydrogens is 211 g/mol. The van der Waals surface area contributed by atoms with Crippen LogP contribution in [0.1, 0.15) is 56.7 Å². The zero-order valence-corrected chi connectivity index (χ0v) is 12.3. The van der Waals surface area contributed by atoms with E-state index in [1.807, 2.05) is 0 Å². The highest BCUT2D eigenvalue weighted by atomic mass is 31.0. The monoisotopic (exact) mass is 236 g/mol. The second-order valence-electron chi connectivity index (χ2n) is 5.08. The van der Waals surface area contributed by atoms with Crippen LogP contribution >= 0.6 is 9.24 Å². The van der Waals surface area contributed by atoms with Crippen molar-refractivity contribution < 1.29 is 0 Å². The molecule has 2 unspecified atom stereocenters. The van der Waals surface area contributed by atoms with Crippen LogP contribution < -0.4 is 0 Å². The molecule has 0 aliphatic rings. The van der Waals surface area contributed by atoms with E-state index >= 15 is 0 Å². The minimum Gasteiger partial charge on any atom is -0.127 e. The van der Waals surface area contributed by atoms with Crippen molar-refractivity contribution in [1.82, 2.24) is 0 Å². The predicted octanol–water partition coefficient (Wildman–Crippen LogP) is 4.84. The smallest absolute Gasteiger partial charge is 0.00670 e. The topological polar surface area (TPSA) is 0 Å². The Morgan fingerprint density at radius 3 is 2.44 bits per heavy atom. The maximum Gasteiger partial charge on any atom is 0.00670 e. The van der Waals surface area contributed by atoms with Gasteiger partial charge in [-0.15, -0.1) is 9.24 Å². The third kappa shape index (κ3) is 3.59. The van der Waals surface area contributed by atoms with Crippen molar-refractivity contribution in [2.45, 2.75) is 58.5 Å². The number of benzene rings is 1. The number of aryl methyl sites for hydroxylation is 2. The molecule has 0 aliphatic carbocycles. The average molecular weight is 236 g/mol. The SMILES string of the molecule is CCCCc1cc(C)cc(C(C)(P)CC)c1. The largest absolute Gasteiger partial charge is 0.127 e. The van der Waals surface area contributed by atoms with E-state index < -0.39 is 0 Å². The lowest BCUT2D eigenvalue weighted by molar-refractivity contribution is 0.661. The summed E-state index contributed by atoms with van der Waals surface area (Å²) in [4.78, 5) is 0. The van der Waals surface area contributed by atoms with Crippen molar-refractivity contribution in [3.63, 3.8) is 0 Å². The van der Waals surface area contributed by atoms with Crippen LogP contribution in [0.15, 0.2) is 18.2 Å². The number of hydrogen-bond acceptors (Lipinski definition) is 0. The normalized spacial score (nSPS) is 14.8. The number of unbranched alkanes of at least 4 members (excludes halogenated alkanes) is 1. The minimum atomic E-state index is 0.229. The molecule has 2 atom stereocenters. The van der Waals surface area contributed by atoms with Crippen molar-refractivity contribution in [3.8, 4) is 0 Å². The highest BCUT2D eigenvalue weighted by Crippen LogP contribution is 2.35. The van der Waals surface area contributed by atoms with Gasteiger partial charge in [-0.2, -0.15) is 0 Å². The average Bonchev–Trinajstić information content (AvgIpc) is 2.25. The van der Waals surface area contributed by atoms with E-state index in [0.717, 1.165) is 6.42 Å². The van der Waals surface area contributed by atoms with Gasteiger partial charge in [0, 0.05) is 5.16 Å². The Balaban J connectivity index is 2.98. The third-order valence-corrected chi connectivity index (χ3v) is 4.09. The second kappa shape index (κ2) is 5.82. The predicted molar refractivity (Wildman–Crippen MR) is 77.1 cm³/mol. The summed E-state index contributed by atoms with van der Waals surface area (Å²) in [5, 5.41) is 0.229. The summed E-state index contributed by atoms with van der Waals surface area (Å²) in [5.74, 6) is 0. The van der Waals surface area contributed by atoms with Crippen molar-refractivity contribution in [3.05, 3.63) is 34.9 Å². The summed E-state index contributed by atoms with van der Waals surface area (Å²) >= 11 is 0. The molecule has 1 aromatic carbocycles. The molecule has 0 N–H and O–H groups in total. The Kier molecular flexibility index (Phi) is 4.99. The maximum atomic E-state index is 3.00. The first-order chi connectivity index (χ1) is 7.49. The van der Waals surface area contributed by atoms with E-state index in [-0.39, 0.29) is 5.16 Å². The first-order valence-corrected chi connectivity index (χ1v) is 6.97. The van der Waals surface area contributed by atoms with Crippen LogP contribution in [0.4, 0.5) is 0 Å². The molecule has 0 heterocycles. The third-order valence-electron chi connectivity index (χ3n) is 3.35. The van der Waals surface area contributed by atoms with Crippen LogP contribution in [0, 0.1) is 6.92 Å². The van der Waals surface area contributed by atoms with Crippen LogP contribution in [-0.4, -0.2) is 0 Å². The van der Waals surface area contributed by atoms with Gasteiger partial charge in [0.05, 0.1) is 0 Å². The lowest BCUT2D eigenvalue weighted by Crippen LogP contribution is -2.11. The fourth-order valence-corrected chi connectivity index (χ4v) is 2.09. The fourth-order valence-electron chi connectivity index (χ4n) is 1.92. The summed E-state index contributed by atoms with van der Waals surface area (Å²) in [7, 11) is 3.00. The molecule has 0 amide bonds. The zero-order chi connectivity index (χ0) is 12.2. The Morgan fingerprint density at radius 2 is 1.88 bits per heavy atom. The Bertz CT molecular complexity index is 339. The second-order valence-corrected chi connectivity index (χ2v) is 6.36. The first kappa shape index (κ1) is 13.7. The Hall–Kier alpha value is -0.350. The molecule has 1 aromatic rings. The van der Waals surface area contributed by atoms with Gasteiger partial charge in [-0.25, -0.2) is 0 Å². The van der Waals surface area contributed by atoms with Crippen molar-refractivity contribution >= 4 is 9.24 Å². The maximum absolute atomic E-state index is 3.00. The van der Waals surface area contributed by atoms with Crippen LogP contribution in [0.25, 0.3) is 0 Å². The number of hydrogen-bond donors (Lipinski definition) is 0. The molecule has 0 saturated heterocycles. The Morgan fingerprint density at radius 1 is 1.19 bits per heavy atom. The molecule has 0 spiro atoms. The van der Waals surface area contributed by atoms with Gasteiger partial charge in [-0.05, 0) is 37.3 Å². The quantitative estimate of drug-likeness (QED) is 0.642. The molecule has 1 rings (SSSR count). The van der Waals surface area contributed by atoms with Gasteiger partial charge in [0.25, 0.3) is 0 Å². The fraction of sp³-hybridized carbons (Fsp3) is 0.600. The van der Waals surface area contributed by atoms with Crippen molar-refractivity contribution in [2.24, 2.45) is 0 Å². The molecule has 90 valence electrons. The molecule has 0 radical (unpaired) electrons. The summed E-state index contributed by atoms with van der Waals surface area (Å²) in [6.45, 7) is 9.01. The first-order valence-electron chi connectivity index (χ1n) is 6.39. The zero-order valence-electron chi connectivity index (χ0n) is 11.1. The highest BCUT2D eigenvalue weighted by Gasteiger charge is 2.18. The molecule has 0 nitrogen and oxygen atoms in total. The number of rotatable bonds is 5. The van der Waals surface area contributed by atoms with E-state index in [2.05, 4.69) is 55.1 Å². The summed E-state index contributed by atoms with van der Waals surface area (Å²) in [5.41, 5.74) is 4.36. The van der Waals surface area contributed by atoms with Gasteiger partial charge in [-0.3, -0.25) is 0 Å². The lowest BCUT2D eigenvalue weighted by atomic mass is 9.92. The van der Waals surface area contributed by atoms with Gasteiger partial charge in [0.2, 0.25) is 0 Å². The van der Waals surface area contributed by atoms with Gasteiger partial charge < -0.3 is 0 Å². The summed E-state index contributed by atoms with van der Waals surface area (Å²) in [6.07, 6.45) is 4.95. The van der Waals surface area contributed by atoms with Gasteiger partial charge in [0.1, 0.15) is 0 Å². The standard InChI is InChI=1S/C15H25P/c1-5-7-8-13-9-12(3)10-14(11-13)15(4,16)6-2/h9-11H,5-8,16H2,1-4H3. The summed E-state index contributed by atoms with van der Waals surface area (Å²) < 4.78 is 0. The van der Waals surface area contributed by atoms with Crippen molar-refractivity contribution in [2.75, 3.05) is 0 Å². The lowest BCUT2D eigenvalue weighted by Gasteiger charge is -2.24. The van der Waals surface area contributed by atoms with Gasteiger partial charge in [-0.1, -0.05) is 51.0 Å². The van der Waals surface area contributed by atoms with Gasteiger partial charge >= 0.3 is 0 Å². The minimum absolute atomic E-state index is 0.229. The van der Waals surface area contributed by atoms with Crippen molar-refractivity contribution in [1.29, 1.82) is 0 Å². The van der Waals surface area contributed by atoms with E-state index in [4.69, 9.17) is 0 Å². The van der Waals surface area contributed by atoms with Gasteiger partial charge in [0.15, 0.2) is 0 Å². The molecule has 0 aliphatic heterocycles. The van der Waals surface area contributed by atoms with E-state index in [1.54, 1.807) is 0 Å². The van der Waals surface area contributed by atoms with E-state index in [0.29, 0.717) is 0 Å². The Labute approximate surface area is 103 Å². The molecule has 16 heavy (non-hydrogen) atoms. The highest BCUT2D eigenvalue weighted by molar-refractivity contribution is 7.18. The van der Waals surface area contributed by atoms with Crippen LogP contribution in [0.3, 0.4) is 0 Å². The van der Waals surface area contributed by atoms with E-state index in [9.17, 15) is 0 Å². The summed E-state index contributed by atoms with van der Waals surface area (Å²) in [6, 6.07) is 7.04. The van der Waals surface area contributed by atoms with Crippen LogP contribution in [0.5, 0.6) is 0 Å². The molecule has 0 fully saturated rings. The molecule has 0 aromatic heterocycles. The molecule has 0 saturated carbocycles. The molecule has 0 bridgehead atoms. The molecular formula is C15H25P. The van der Waals surface area contributed by atoms with Crippen LogP contribution in [-0.2, 0) is 11.6 Å². The molecule has 1 heteroatoms.